The number of hydrogen-bond donors (Lipinski definition) is 1. The van der Waals surface area contributed by atoms with Crippen LogP contribution < -0.4 is 5.73 Å². The minimum absolute atomic E-state index is 0.180. The molecular formula is C13H18N2O3. The topological polar surface area (TPSA) is 72.6 Å². The first kappa shape index (κ1) is 14.0. The molecule has 1 unspecified atom stereocenters. The monoisotopic (exact) mass is 250 g/mol. The second-order valence-corrected chi connectivity index (χ2v) is 3.98. The van der Waals surface area contributed by atoms with Crippen LogP contribution in [0.15, 0.2) is 30.3 Å². The van der Waals surface area contributed by atoms with Gasteiger partial charge in [0.15, 0.2) is 0 Å². The summed E-state index contributed by atoms with van der Waals surface area (Å²) in [6.45, 7) is 1.97. The number of amides is 2. The molecule has 0 saturated carbocycles. The second-order valence-electron chi connectivity index (χ2n) is 3.98. The van der Waals surface area contributed by atoms with Gasteiger partial charge in [-0.05, 0) is 12.0 Å². The lowest BCUT2D eigenvalue weighted by molar-refractivity contribution is -0.122. The molecule has 1 rings (SSSR count). The van der Waals surface area contributed by atoms with E-state index in [2.05, 4.69) is 0 Å². The van der Waals surface area contributed by atoms with Crippen molar-refractivity contribution >= 4 is 12.0 Å². The molecule has 5 nitrogen and oxygen atoms in total. The van der Waals surface area contributed by atoms with Gasteiger partial charge in [0.1, 0.15) is 12.6 Å². The third kappa shape index (κ3) is 3.76. The Morgan fingerprint density at radius 1 is 1.33 bits per heavy atom. The largest absolute Gasteiger partial charge is 0.445 e. The van der Waals surface area contributed by atoms with Crippen LogP contribution in [0.2, 0.25) is 0 Å². The van der Waals surface area contributed by atoms with Crippen LogP contribution >= 0.6 is 0 Å². The molecule has 0 saturated heterocycles. The first-order valence-corrected chi connectivity index (χ1v) is 5.79. The number of primary amides is 1. The van der Waals surface area contributed by atoms with E-state index in [0.29, 0.717) is 6.42 Å². The Bertz CT molecular complexity index is 406. The molecule has 0 radical (unpaired) electrons. The minimum Gasteiger partial charge on any atom is -0.445 e. The number of nitrogens with zero attached hydrogens (tertiary/aromatic N) is 1. The van der Waals surface area contributed by atoms with E-state index < -0.39 is 18.0 Å². The van der Waals surface area contributed by atoms with E-state index in [4.69, 9.17) is 10.5 Å². The molecule has 0 aromatic heterocycles. The predicted molar refractivity (Wildman–Crippen MR) is 67.7 cm³/mol. The molecule has 0 aliphatic carbocycles. The summed E-state index contributed by atoms with van der Waals surface area (Å²) < 4.78 is 5.10. The van der Waals surface area contributed by atoms with E-state index in [1.54, 1.807) is 6.92 Å². The molecule has 0 aliphatic rings. The van der Waals surface area contributed by atoms with Gasteiger partial charge in [-0.2, -0.15) is 0 Å². The zero-order valence-electron chi connectivity index (χ0n) is 10.6. The van der Waals surface area contributed by atoms with Gasteiger partial charge in [0.05, 0.1) is 0 Å². The van der Waals surface area contributed by atoms with Crippen molar-refractivity contribution in [1.29, 1.82) is 0 Å². The Hall–Kier alpha value is -2.04. The molecule has 0 spiro atoms. The molecule has 0 heterocycles. The van der Waals surface area contributed by atoms with Crippen molar-refractivity contribution in [1.82, 2.24) is 4.90 Å². The zero-order chi connectivity index (χ0) is 13.5. The van der Waals surface area contributed by atoms with Crippen molar-refractivity contribution in [2.75, 3.05) is 7.05 Å². The van der Waals surface area contributed by atoms with E-state index in [0.717, 1.165) is 5.56 Å². The van der Waals surface area contributed by atoms with Gasteiger partial charge in [0.2, 0.25) is 5.91 Å². The number of carbonyl (C=O) groups excluding carboxylic acids is 2. The summed E-state index contributed by atoms with van der Waals surface area (Å²) in [5.41, 5.74) is 6.10. The van der Waals surface area contributed by atoms with Crippen molar-refractivity contribution in [3.63, 3.8) is 0 Å². The maximum absolute atomic E-state index is 11.7. The van der Waals surface area contributed by atoms with Gasteiger partial charge in [-0.1, -0.05) is 37.3 Å². The average molecular weight is 250 g/mol. The van der Waals surface area contributed by atoms with Crippen LogP contribution in [-0.4, -0.2) is 30.0 Å². The molecule has 5 heteroatoms. The Labute approximate surface area is 107 Å². The fraction of sp³-hybridized carbons (Fsp3) is 0.385. The lowest BCUT2D eigenvalue weighted by Crippen LogP contribution is -2.45. The van der Waals surface area contributed by atoms with Crippen LogP contribution in [0, 0.1) is 0 Å². The number of hydrogen-bond acceptors (Lipinski definition) is 3. The first-order valence-electron chi connectivity index (χ1n) is 5.79. The van der Waals surface area contributed by atoms with Crippen molar-refractivity contribution in [2.45, 2.75) is 26.0 Å². The third-order valence-electron chi connectivity index (χ3n) is 2.68. The summed E-state index contributed by atoms with van der Waals surface area (Å²) in [5.74, 6) is -0.531. The van der Waals surface area contributed by atoms with Gasteiger partial charge < -0.3 is 10.5 Å². The SMILES string of the molecule is CCC(C(N)=O)N(C)C(=O)OCc1ccccc1. The van der Waals surface area contributed by atoms with Crippen LogP contribution in [0.1, 0.15) is 18.9 Å². The quantitative estimate of drug-likeness (QED) is 0.861. The summed E-state index contributed by atoms with van der Waals surface area (Å²) in [6, 6.07) is 8.71. The summed E-state index contributed by atoms with van der Waals surface area (Å²) >= 11 is 0. The summed E-state index contributed by atoms with van der Waals surface area (Å²) in [5, 5.41) is 0. The molecular weight excluding hydrogens is 232 g/mol. The van der Waals surface area contributed by atoms with Gasteiger partial charge in [-0.25, -0.2) is 4.79 Å². The molecule has 0 fully saturated rings. The smallest absolute Gasteiger partial charge is 0.410 e. The average Bonchev–Trinajstić information content (AvgIpc) is 2.37. The van der Waals surface area contributed by atoms with Gasteiger partial charge in [0, 0.05) is 7.05 Å². The molecule has 1 aromatic rings. The lowest BCUT2D eigenvalue weighted by Gasteiger charge is -2.23. The molecule has 1 aromatic carbocycles. The van der Waals surface area contributed by atoms with Crippen molar-refractivity contribution in [3.8, 4) is 0 Å². The molecule has 1 atom stereocenters. The Morgan fingerprint density at radius 3 is 2.44 bits per heavy atom. The normalized spacial score (nSPS) is 11.7. The third-order valence-corrected chi connectivity index (χ3v) is 2.68. The number of nitrogens with two attached hydrogens (primary N) is 1. The number of rotatable bonds is 5. The predicted octanol–water partition coefficient (Wildman–Crippen LogP) is 1.52. The highest BCUT2D eigenvalue weighted by molar-refractivity contribution is 5.84. The van der Waals surface area contributed by atoms with E-state index in [1.165, 1.54) is 11.9 Å². The summed E-state index contributed by atoms with van der Waals surface area (Å²) in [7, 11) is 1.51. The molecule has 0 aliphatic heterocycles. The van der Waals surface area contributed by atoms with Crippen molar-refractivity contribution in [2.24, 2.45) is 5.73 Å². The Balaban J connectivity index is 2.52. The number of carbonyl (C=O) groups is 2. The van der Waals surface area contributed by atoms with Gasteiger partial charge in [-0.3, -0.25) is 9.69 Å². The summed E-state index contributed by atoms with van der Waals surface area (Å²) in [4.78, 5) is 24.1. The van der Waals surface area contributed by atoms with Crippen LogP contribution in [0.25, 0.3) is 0 Å². The van der Waals surface area contributed by atoms with E-state index >= 15 is 0 Å². The molecule has 0 bridgehead atoms. The summed E-state index contributed by atoms with van der Waals surface area (Å²) in [6.07, 6.45) is -0.0868. The number of benzene rings is 1. The Morgan fingerprint density at radius 2 is 1.94 bits per heavy atom. The minimum atomic E-state index is -0.631. The van der Waals surface area contributed by atoms with Gasteiger partial charge in [0.25, 0.3) is 0 Å². The molecule has 2 N–H and O–H groups in total. The standard InChI is InChI=1S/C13H18N2O3/c1-3-11(12(14)16)15(2)13(17)18-9-10-7-5-4-6-8-10/h4-8,11H,3,9H2,1-2H3,(H2,14,16). The maximum atomic E-state index is 11.7. The van der Waals surface area contributed by atoms with E-state index in [9.17, 15) is 9.59 Å². The fourth-order valence-corrected chi connectivity index (χ4v) is 1.61. The van der Waals surface area contributed by atoms with Crippen molar-refractivity contribution in [3.05, 3.63) is 35.9 Å². The highest BCUT2D eigenvalue weighted by Gasteiger charge is 2.24. The van der Waals surface area contributed by atoms with Crippen LogP contribution in [0.4, 0.5) is 4.79 Å². The van der Waals surface area contributed by atoms with Crippen LogP contribution in [-0.2, 0) is 16.1 Å². The van der Waals surface area contributed by atoms with Crippen molar-refractivity contribution < 1.29 is 14.3 Å². The van der Waals surface area contributed by atoms with Gasteiger partial charge >= 0.3 is 6.09 Å². The Kier molecular flexibility index (Phi) is 5.17. The molecule has 18 heavy (non-hydrogen) atoms. The van der Waals surface area contributed by atoms with Crippen LogP contribution in [0.5, 0.6) is 0 Å². The lowest BCUT2D eigenvalue weighted by atomic mass is 10.2. The zero-order valence-corrected chi connectivity index (χ0v) is 10.6. The highest BCUT2D eigenvalue weighted by Crippen LogP contribution is 2.06. The number of likely N-dealkylation sites (N-methyl/N-ethyl adjacent to an activating group) is 1. The van der Waals surface area contributed by atoms with E-state index in [-0.39, 0.29) is 6.61 Å². The maximum Gasteiger partial charge on any atom is 0.410 e. The fourth-order valence-electron chi connectivity index (χ4n) is 1.61. The molecule has 98 valence electrons. The number of ether oxygens (including phenoxy) is 1. The highest BCUT2D eigenvalue weighted by atomic mass is 16.6. The van der Waals surface area contributed by atoms with Crippen LogP contribution in [0.3, 0.4) is 0 Å². The van der Waals surface area contributed by atoms with Gasteiger partial charge in [-0.15, -0.1) is 0 Å². The first-order chi connectivity index (χ1) is 8.56. The van der Waals surface area contributed by atoms with E-state index in [1.807, 2.05) is 30.3 Å². The molecule has 2 amide bonds. The second kappa shape index (κ2) is 6.64.